The standard InChI is InChI=1S/C21H26N2O2.ClH/c22-14-17-8-9-20(25-17)21(24)23-12-10-16(11-13-23)19-7-3-5-15-4-1-2-6-18(15)19;/h1-7,16-17,20H,8-14,22H2;1H/t17-,20+;/m1./s1. The smallest absolute Gasteiger partial charge is 0.251 e. The van der Waals surface area contributed by atoms with Gasteiger partial charge in [-0.15, -0.1) is 12.4 Å². The molecular weight excluding hydrogens is 348 g/mol. The minimum absolute atomic E-state index is 0. The van der Waals surface area contributed by atoms with Gasteiger partial charge in [-0.25, -0.2) is 0 Å². The second-order valence-electron chi connectivity index (χ2n) is 7.23. The van der Waals surface area contributed by atoms with Crippen LogP contribution in [-0.2, 0) is 9.53 Å². The zero-order chi connectivity index (χ0) is 17.2. The maximum atomic E-state index is 12.7. The largest absolute Gasteiger partial charge is 0.364 e. The average Bonchev–Trinajstić information content (AvgIpc) is 3.16. The number of piperidine rings is 1. The van der Waals surface area contributed by atoms with Gasteiger partial charge in [0, 0.05) is 19.6 Å². The summed E-state index contributed by atoms with van der Waals surface area (Å²) in [5, 5.41) is 2.64. The number of rotatable bonds is 3. The van der Waals surface area contributed by atoms with E-state index in [4.69, 9.17) is 10.5 Å². The van der Waals surface area contributed by atoms with Crippen molar-refractivity contribution in [2.75, 3.05) is 19.6 Å². The number of amides is 1. The van der Waals surface area contributed by atoms with Crippen LogP contribution in [0.3, 0.4) is 0 Å². The van der Waals surface area contributed by atoms with Gasteiger partial charge in [0.15, 0.2) is 0 Å². The Bertz CT molecular complexity index is 753. The quantitative estimate of drug-likeness (QED) is 0.894. The zero-order valence-corrected chi connectivity index (χ0v) is 15.8. The summed E-state index contributed by atoms with van der Waals surface area (Å²) in [6.45, 7) is 2.15. The van der Waals surface area contributed by atoms with Crippen molar-refractivity contribution in [2.24, 2.45) is 5.73 Å². The Morgan fingerprint density at radius 1 is 1.04 bits per heavy atom. The molecule has 2 aliphatic rings. The van der Waals surface area contributed by atoms with Crippen molar-refractivity contribution in [3.05, 3.63) is 48.0 Å². The van der Waals surface area contributed by atoms with Crippen LogP contribution < -0.4 is 5.73 Å². The SMILES string of the molecule is Cl.NC[C@H]1CC[C@@H](C(=O)N2CCC(c3cccc4ccccc34)CC2)O1. The highest BCUT2D eigenvalue weighted by atomic mass is 35.5. The van der Waals surface area contributed by atoms with Gasteiger partial charge in [-0.1, -0.05) is 42.5 Å². The highest BCUT2D eigenvalue weighted by molar-refractivity contribution is 5.86. The molecule has 2 saturated heterocycles. The van der Waals surface area contributed by atoms with Gasteiger partial charge in [0.1, 0.15) is 6.10 Å². The van der Waals surface area contributed by atoms with Crippen LogP contribution in [0.15, 0.2) is 42.5 Å². The third-order valence-corrected chi connectivity index (χ3v) is 5.72. The minimum Gasteiger partial charge on any atom is -0.364 e. The van der Waals surface area contributed by atoms with Gasteiger partial charge in [0.05, 0.1) is 6.10 Å². The number of ether oxygens (including phenoxy) is 1. The predicted molar refractivity (Wildman–Crippen MR) is 107 cm³/mol. The van der Waals surface area contributed by atoms with E-state index in [1.54, 1.807) is 0 Å². The molecule has 0 spiro atoms. The molecule has 2 atom stereocenters. The Morgan fingerprint density at radius 2 is 1.77 bits per heavy atom. The van der Waals surface area contributed by atoms with Crippen LogP contribution in [-0.4, -0.2) is 42.6 Å². The lowest BCUT2D eigenvalue weighted by Gasteiger charge is -2.34. The topological polar surface area (TPSA) is 55.6 Å². The van der Waals surface area contributed by atoms with Crippen molar-refractivity contribution < 1.29 is 9.53 Å². The van der Waals surface area contributed by atoms with Crippen molar-refractivity contribution in [3.63, 3.8) is 0 Å². The number of halogens is 1. The van der Waals surface area contributed by atoms with E-state index in [1.165, 1.54) is 16.3 Å². The third kappa shape index (κ3) is 3.73. The Morgan fingerprint density at radius 3 is 2.50 bits per heavy atom. The first kappa shape index (κ1) is 19.2. The van der Waals surface area contributed by atoms with E-state index in [0.29, 0.717) is 12.5 Å². The monoisotopic (exact) mass is 374 g/mol. The molecule has 140 valence electrons. The number of fused-ring (bicyclic) bond motifs is 1. The van der Waals surface area contributed by atoms with Crippen LogP contribution in [0.25, 0.3) is 10.8 Å². The minimum atomic E-state index is -0.275. The molecule has 2 fully saturated rings. The number of carbonyl (C=O) groups excluding carboxylic acids is 1. The molecule has 4 rings (SSSR count). The lowest BCUT2D eigenvalue weighted by atomic mass is 9.86. The molecule has 0 unspecified atom stereocenters. The summed E-state index contributed by atoms with van der Waals surface area (Å²) < 4.78 is 5.78. The van der Waals surface area contributed by atoms with E-state index < -0.39 is 0 Å². The number of benzene rings is 2. The molecule has 5 heteroatoms. The normalized spacial score (nSPS) is 23.8. The van der Waals surface area contributed by atoms with Crippen LogP contribution >= 0.6 is 12.4 Å². The van der Waals surface area contributed by atoms with E-state index >= 15 is 0 Å². The van der Waals surface area contributed by atoms with Gasteiger partial charge in [0.25, 0.3) is 5.91 Å². The lowest BCUT2D eigenvalue weighted by molar-refractivity contribution is -0.143. The van der Waals surface area contributed by atoms with E-state index in [9.17, 15) is 4.79 Å². The molecule has 26 heavy (non-hydrogen) atoms. The molecule has 2 aromatic carbocycles. The summed E-state index contributed by atoms with van der Waals surface area (Å²) in [5.41, 5.74) is 7.07. The van der Waals surface area contributed by atoms with Gasteiger partial charge < -0.3 is 15.4 Å². The van der Waals surface area contributed by atoms with Gasteiger partial charge in [-0.05, 0) is 47.9 Å². The van der Waals surface area contributed by atoms with Crippen molar-refractivity contribution >= 4 is 29.1 Å². The highest BCUT2D eigenvalue weighted by Gasteiger charge is 2.34. The molecule has 2 aromatic rings. The first-order valence-electron chi connectivity index (χ1n) is 9.38. The van der Waals surface area contributed by atoms with Crippen molar-refractivity contribution in [3.8, 4) is 0 Å². The molecular formula is C21H27ClN2O2. The number of nitrogens with zero attached hydrogens (tertiary/aromatic N) is 1. The molecule has 0 bridgehead atoms. The van der Waals surface area contributed by atoms with Gasteiger partial charge in [-0.3, -0.25) is 4.79 Å². The Hall–Kier alpha value is -1.62. The third-order valence-electron chi connectivity index (χ3n) is 5.72. The molecule has 0 radical (unpaired) electrons. The van der Waals surface area contributed by atoms with Gasteiger partial charge in [0.2, 0.25) is 0 Å². The van der Waals surface area contributed by atoms with Crippen molar-refractivity contribution in [2.45, 2.75) is 43.8 Å². The Kier molecular flexibility index (Phi) is 6.17. The summed E-state index contributed by atoms with van der Waals surface area (Å²) >= 11 is 0. The molecule has 2 heterocycles. The number of hydrogen-bond donors (Lipinski definition) is 1. The number of hydrogen-bond acceptors (Lipinski definition) is 3. The number of nitrogens with two attached hydrogens (primary N) is 1. The van der Waals surface area contributed by atoms with Crippen LogP contribution in [0.2, 0.25) is 0 Å². The van der Waals surface area contributed by atoms with Crippen LogP contribution in [0.4, 0.5) is 0 Å². The van der Waals surface area contributed by atoms with E-state index in [0.717, 1.165) is 38.8 Å². The van der Waals surface area contributed by atoms with Crippen LogP contribution in [0, 0.1) is 0 Å². The first-order valence-corrected chi connectivity index (χ1v) is 9.38. The molecule has 1 amide bonds. The van der Waals surface area contributed by atoms with E-state index in [1.807, 2.05) is 4.90 Å². The zero-order valence-electron chi connectivity index (χ0n) is 15.0. The Labute approximate surface area is 161 Å². The highest BCUT2D eigenvalue weighted by Crippen LogP contribution is 2.33. The number of carbonyl (C=O) groups is 1. The van der Waals surface area contributed by atoms with E-state index in [-0.39, 0.29) is 30.5 Å². The van der Waals surface area contributed by atoms with Crippen molar-refractivity contribution in [1.82, 2.24) is 4.90 Å². The molecule has 4 nitrogen and oxygen atoms in total. The molecule has 0 aliphatic carbocycles. The summed E-state index contributed by atoms with van der Waals surface area (Å²) in [6.07, 6.45) is 3.54. The summed E-state index contributed by atoms with van der Waals surface area (Å²) in [6, 6.07) is 15.1. The van der Waals surface area contributed by atoms with E-state index in [2.05, 4.69) is 42.5 Å². The molecule has 0 aromatic heterocycles. The fourth-order valence-corrected chi connectivity index (χ4v) is 4.28. The van der Waals surface area contributed by atoms with Crippen molar-refractivity contribution in [1.29, 1.82) is 0 Å². The predicted octanol–water partition coefficient (Wildman–Crippen LogP) is 3.47. The van der Waals surface area contributed by atoms with Gasteiger partial charge >= 0.3 is 0 Å². The maximum Gasteiger partial charge on any atom is 0.251 e. The first-order chi connectivity index (χ1) is 12.3. The maximum absolute atomic E-state index is 12.7. The molecule has 0 saturated carbocycles. The summed E-state index contributed by atoms with van der Waals surface area (Å²) in [5.74, 6) is 0.684. The lowest BCUT2D eigenvalue weighted by Crippen LogP contribution is -2.43. The fourth-order valence-electron chi connectivity index (χ4n) is 4.28. The van der Waals surface area contributed by atoms with Gasteiger partial charge in [-0.2, -0.15) is 0 Å². The molecule has 2 aliphatic heterocycles. The van der Waals surface area contributed by atoms with Crippen LogP contribution in [0.1, 0.15) is 37.2 Å². The summed E-state index contributed by atoms with van der Waals surface area (Å²) in [7, 11) is 0. The molecule has 2 N–H and O–H groups in total. The summed E-state index contributed by atoms with van der Waals surface area (Å²) in [4.78, 5) is 14.7. The number of likely N-dealkylation sites (tertiary alicyclic amines) is 1. The average molecular weight is 375 g/mol. The fraction of sp³-hybridized carbons (Fsp3) is 0.476. The Balaban J connectivity index is 0.00000196. The van der Waals surface area contributed by atoms with Crippen LogP contribution in [0.5, 0.6) is 0 Å². The second kappa shape index (κ2) is 8.38. The second-order valence-corrected chi connectivity index (χ2v) is 7.23.